The van der Waals surface area contributed by atoms with E-state index in [1.807, 2.05) is 0 Å². The third kappa shape index (κ3) is 3.24. The second-order valence-electron chi connectivity index (χ2n) is 4.78. The number of benzene rings is 1. The highest BCUT2D eigenvalue weighted by atomic mass is 16.3. The van der Waals surface area contributed by atoms with Crippen molar-refractivity contribution >= 4 is 11.8 Å². The Bertz CT molecular complexity index is 479. The Balaban J connectivity index is 1.96. The Hall–Kier alpha value is -2.04. The fourth-order valence-corrected chi connectivity index (χ4v) is 2.34. The van der Waals surface area contributed by atoms with Crippen LogP contribution in [0.1, 0.15) is 30.1 Å². The van der Waals surface area contributed by atoms with E-state index >= 15 is 0 Å². The van der Waals surface area contributed by atoms with E-state index in [9.17, 15) is 14.7 Å². The van der Waals surface area contributed by atoms with Crippen LogP contribution < -0.4 is 5.32 Å². The van der Waals surface area contributed by atoms with Crippen LogP contribution in [0.2, 0.25) is 0 Å². The van der Waals surface area contributed by atoms with Gasteiger partial charge in [0.15, 0.2) is 0 Å². The van der Waals surface area contributed by atoms with Gasteiger partial charge in [-0.15, -0.1) is 0 Å². The average molecular weight is 262 g/mol. The van der Waals surface area contributed by atoms with Crippen LogP contribution in [0.4, 0.5) is 0 Å². The van der Waals surface area contributed by atoms with Gasteiger partial charge in [-0.05, 0) is 25.0 Å². The number of phenols is 1. The number of nitrogens with zero attached hydrogens (tertiary/aromatic N) is 1. The minimum absolute atomic E-state index is 0.0106. The van der Waals surface area contributed by atoms with Crippen molar-refractivity contribution < 1.29 is 14.7 Å². The molecule has 1 aliphatic heterocycles. The number of rotatable bonds is 2. The standard InChI is InChI=1S/C14H18N2O3/c1-10(17)15-11-6-8-16(9-7-11)14(19)12-4-2-3-5-13(12)18/h2-5,11,18H,6-9H2,1H3,(H,15,17). The largest absolute Gasteiger partial charge is 0.507 e. The van der Waals surface area contributed by atoms with Gasteiger partial charge in [0.05, 0.1) is 5.56 Å². The lowest BCUT2D eigenvalue weighted by Crippen LogP contribution is -2.46. The van der Waals surface area contributed by atoms with Crippen LogP contribution in [-0.2, 0) is 4.79 Å². The van der Waals surface area contributed by atoms with Crippen molar-refractivity contribution in [3.8, 4) is 5.75 Å². The molecule has 0 unspecified atom stereocenters. The molecule has 0 aromatic heterocycles. The van der Waals surface area contributed by atoms with E-state index in [4.69, 9.17) is 0 Å². The van der Waals surface area contributed by atoms with E-state index in [0.717, 1.165) is 12.8 Å². The summed E-state index contributed by atoms with van der Waals surface area (Å²) in [4.78, 5) is 24.9. The van der Waals surface area contributed by atoms with Crippen LogP contribution in [0.25, 0.3) is 0 Å². The minimum atomic E-state index is -0.153. The number of hydrogen-bond donors (Lipinski definition) is 2. The molecule has 0 atom stereocenters. The third-order valence-electron chi connectivity index (χ3n) is 3.32. The monoisotopic (exact) mass is 262 g/mol. The van der Waals surface area contributed by atoms with Crippen molar-refractivity contribution in [1.82, 2.24) is 10.2 Å². The average Bonchev–Trinajstić information content (AvgIpc) is 2.39. The molecule has 0 radical (unpaired) electrons. The molecule has 0 saturated carbocycles. The molecule has 1 heterocycles. The highest BCUT2D eigenvalue weighted by Crippen LogP contribution is 2.20. The van der Waals surface area contributed by atoms with E-state index < -0.39 is 0 Å². The molecule has 1 saturated heterocycles. The van der Waals surface area contributed by atoms with E-state index in [0.29, 0.717) is 18.7 Å². The zero-order chi connectivity index (χ0) is 13.8. The number of phenolic OH excluding ortho intramolecular Hbond substituents is 1. The highest BCUT2D eigenvalue weighted by Gasteiger charge is 2.25. The first-order valence-corrected chi connectivity index (χ1v) is 6.42. The van der Waals surface area contributed by atoms with E-state index in [1.54, 1.807) is 23.1 Å². The highest BCUT2D eigenvalue weighted by molar-refractivity contribution is 5.96. The summed E-state index contributed by atoms with van der Waals surface area (Å²) >= 11 is 0. The summed E-state index contributed by atoms with van der Waals surface area (Å²) in [5, 5.41) is 12.5. The molecule has 2 N–H and O–H groups in total. The van der Waals surface area contributed by atoms with Crippen molar-refractivity contribution in [1.29, 1.82) is 0 Å². The predicted octanol–water partition coefficient (Wildman–Crippen LogP) is 1.13. The summed E-state index contributed by atoms with van der Waals surface area (Å²) in [6.45, 7) is 2.69. The number of amides is 2. The molecule has 1 aromatic rings. The zero-order valence-electron chi connectivity index (χ0n) is 10.9. The maximum absolute atomic E-state index is 12.2. The van der Waals surface area contributed by atoms with Gasteiger partial charge in [0, 0.05) is 26.1 Å². The number of para-hydroxylation sites is 1. The third-order valence-corrected chi connectivity index (χ3v) is 3.32. The lowest BCUT2D eigenvalue weighted by Gasteiger charge is -2.32. The van der Waals surface area contributed by atoms with Crippen LogP contribution in [0, 0.1) is 0 Å². The van der Waals surface area contributed by atoms with E-state index in [-0.39, 0.29) is 23.6 Å². The Morgan fingerprint density at radius 1 is 1.26 bits per heavy atom. The van der Waals surface area contributed by atoms with Crippen molar-refractivity contribution in [2.45, 2.75) is 25.8 Å². The Kier molecular flexibility index (Phi) is 4.04. The Labute approximate surface area is 112 Å². The van der Waals surface area contributed by atoms with Gasteiger partial charge in [-0.3, -0.25) is 9.59 Å². The van der Waals surface area contributed by atoms with Gasteiger partial charge in [0.25, 0.3) is 5.91 Å². The van der Waals surface area contributed by atoms with Crippen LogP contribution >= 0.6 is 0 Å². The number of likely N-dealkylation sites (tertiary alicyclic amines) is 1. The fourth-order valence-electron chi connectivity index (χ4n) is 2.34. The molecular formula is C14H18N2O3. The van der Waals surface area contributed by atoms with Gasteiger partial charge in [-0.2, -0.15) is 0 Å². The predicted molar refractivity (Wildman–Crippen MR) is 70.8 cm³/mol. The van der Waals surface area contributed by atoms with Gasteiger partial charge in [0.2, 0.25) is 5.91 Å². The number of hydrogen-bond acceptors (Lipinski definition) is 3. The van der Waals surface area contributed by atoms with Crippen LogP contribution in [-0.4, -0.2) is 41.0 Å². The second kappa shape index (κ2) is 5.73. The SMILES string of the molecule is CC(=O)NC1CCN(C(=O)c2ccccc2O)CC1. The molecule has 5 heteroatoms. The topological polar surface area (TPSA) is 69.6 Å². The molecule has 0 spiro atoms. The molecule has 1 fully saturated rings. The summed E-state index contributed by atoms with van der Waals surface area (Å²) < 4.78 is 0. The van der Waals surface area contributed by atoms with Crippen molar-refractivity contribution in [2.75, 3.05) is 13.1 Å². The number of aromatic hydroxyl groups is 1. The summed E-state index contributed by atoms with van der Waals surface area (Å²) in [7, 11) is 0. The quantitative estimate of drug-likeness (QED) is 0.839. The molecule has 2 amide bonds. The molecule has 19 heavy (non-hydrogen) atoms. The molecule has 5 nitrogen and oxygen atoms in total. The van der Waals surface area contributed by atoms with Crippen molar-refractivity contribution in [3.05, 3.63) is 29.8 Å². The first-order chi connectivity index (χ1) is 9.08. The lowest BCUT2D eigenvalue weighted by atomic mass is 10.0. The maximum Gasteiger partial charge on any atom is 0.257 e. The van der Waals surface area contributed by atoms with Crippen LogP contribution in [0.3, 0.4) is 0 Å². The van der Waals surface area contributed by atoms with Gasteiger partial charge >= 0.3 is 0 Å². The number of nitrogens with one attached hydrogen (secondary N) is 1. The van der Waals surface area contributed by atoms with Crippen LogP contribution in [0.15, 0.2) is 24.3 Å². The molecule has 0 aliphatic carbocycles. The van der Waals surface area contributed by atoms with Crippen molar-refractivity contribution in [3.63, 3.8) is 0 Å². The zero-order valence-corrected chi connectivity index (χ0v) is 10.9. The summed E-state index contributed by atoms with van der Waals surface area (Å²) in [6, 6.07) is 6.70. The van der Waals surface area contributed by atoms with Gasteiger partial charge in [0.1, 0.15) is 5.75 Å². The van der Waals surface area contributed by atoms with E-state index in [1.165, 1.54) is 13.0 Å². The normalized spacial score (nSPS) is 16.2. The number of carbonyl (C=O) groups is 2. The molecule has 0 bridgehead atoms. The first-order valence-electron chi connectivity index (χ1n) is 6.42. The lowest BCUT2D eigenvalue weighted by molar-refractivity contribution is -0.119. The van der Waals surface area contributed by atoms with Crippen LogP contribution in [0.5, 0.6) is 5.75 Å². The van der Waals surface area contributed by atoms with Gasteiger partial charge in [-0.25, -0.2) is 0 Å². The fraction of sp³-hybridized carbons (Fsp3) is 0.429. The molecule has 2 rings (SSSR count). The Morgan fingerprint density at radius 2 is 1.89 bits per heavy atom. The molecule has 102 valence electrons. The first kappa shape index (κ1) is 13.4. The van der Waals surface area contributed by atoms with Gasteiger partial charge < -0.3 is 15.3 Å². The second-order valence-corrected chi connectivity index (χ2v) is 4.78. The number of piperidine rings is 1. The summed E-state index contributed by atoms with van der Waals surface area (Å²) in [6.07, 6.45) is 1.50. The molecule has 1 aromatic carbocycles. The smallest absolute Gasteiger partial charge is 0.257 e. The molecular weight excluding hydrogens is 244 g/mol. The minimum Gasteiger partial charge on any atom is -0.507 e. The summed E-state index contributed by atoms with van der Waals surface area (Å²) in [5.74, 6) is -0.179. The van der Waals surface area contributed by atoms with E-state index in [2.05, 4.69) is 5.32 Å². The Morgan fingerprint density at radius 3 is 2.47 bits per heavy atom. The van der Waals surface area contributed by atoms with Gasteiger partial charge in [-0.1, -0.05) is 12.1 Å². The maximum atomic E-state index is 12.2. The molecule has 1 aliphatic rings. The summed E-state index contributed by atoms with van der Waals surface area (Å²) in [5.41, 5.74) is 0.334. The van der Waals surface area contributed by atoms with Crippen molar-refractivity contribution in [2.24, 2.45) is 0 Å². The number of carbonyl (C=O) groups excluding carboxylic acids is 2.